The van der Waals surface area contributed by atoms with Crippen molar-refractivity contribution in [3.8, 4) is 0 Å². The molecule has 0 aliphatic carbocycles. The van der Waals surface area contributed by atoms with Crippen LogP contribution in [-0.2, 0) is 6.42 Å². The van der Waals surface area contributed by atoms with E-state index in [4.69, 9.17) is 10.3 Å². The first-order valence-electron chi connectivity index (χ1n) is 4.68. The van der Waals surface area contributed by atoms with Crippen LogP contribution < -0.4 is 5.73 Å². The normalized spacial score (nSPS) is 26.2. The summed E-state index contributed by atoms with van der Waals surface area (Å²) in [4.78, 5) is 3.74. The van der Waals surface area contributed by atoms with Crippen molar-refractivity contribution in [1.82, 2.24) is 10.1 Å². The highest BCUT2D eigenvalue weighted by Gasteiger charge is 2.34. The Morgan fingerprint density at radius 1 is 1.44 bits per heavy atom. The van der Waals surface area contributed by atoms with E-state index in [-0.39, 0.29) is 23.7 Å². The van der Waals surface area contributed by atoms with E-state index < -0.39 is 12.6 Å². The highest BCUT2D eigenvalue weighted by molar-refractivity contribution is 7.99. The van der Waals surface area contributed by atoms with Crippen molar-refractivity contribution >= 4 is 11.8 Å². The van der Waals surface area contributed by atoms with Crippen molar-refractivity contribution in [1.29, 1.82) is 0 Å². The van der Waals surface area contributed by atoms with Gasteiger partial charge in [0.2, 0.25) is 5.89 Å². The summed E-state index contributed by atoms with van der Waals surface area (Å²) in [6.07, 6.45) is -5.47. The smallest absolute Gasteiger partial charge is 0.339 e. The zero-order chi connectivity index (χ0) is 11.8. The molecule has 16 heavy (non-hydrogen) atoms. The van der Waals surface area contributed by atoms with Crippen LogP contribution >= 0.6 is 11.8 Å². The number of halogens is 3. The van der Waals surface area contributed by atoms with Gasteiger partial charge in [-0.25, -0.2) is 0 Å². The summed E-state index contributed by atoms with van der Waals surface area (Å²) in [7, 11) is 0. The summed E-state index contributed by atoms with van der Waals surface area (Å²) >= 11 is 1.63. The molecule has 0 aromatic carbocycles. The quantitative estimate of drug-likeness (QED) is 0.861. The lowest BCUT2D eigenvalue weighted by atomic mass is 10.1. The van der Waals surface area contributed by atoms with E-state index >= 15 is 0 Å². The number of alkyl halides is 3. The number of hydrogen-bond donors (Lipinski definition) is 1. The zero-order valence-electron chi connectivity index (χ0n) is 8.20. The molecule has 4 nitrogen and oxygen atoms in total. The van der Waals surface area contributed by atoms with Crippen LogP contribution in [0.2, 0.25) is 0 Å². The first-order chi connectivity index (χ1) is 7.46. The Kier molecular flexibility index (Phi) is 3.11. The van der Waals surface area contributed by atoms with Gasteiger partial charge in [-0.05, 0) is 0 Å². The van der Waals surface area contributed by atoms with Gasteiger partial charge in [0.25, 0.3) is 0 Å². The SMILES string of the molecule is NC1CSCC1c1nc(CC(F)(F)F)no1. The Balaban J connectivity index is 2.07. The number of hydrogen-bond acceptors (Lipinski definition) is 5. The van der Waals surface area contributed by atoms with Crippen molar-refractivity contribution in [3.63, 3.8) is 0 Å². The maximum atomic E-state index is 12.1. The van der Waals surface area contributed by atoms with Crippen LogP contribution in [0.25, 0.3) is 0 Å². The molecule has 1 aromatic heterocycles. The van der Waals surface area contributed by atoms with Gasteiger partial charge in [0.05, 0.1) is 5.92 Å². The average Bonchev–Trinajstić information content (AvgIpc) is 2.71. The third-order valence-corrected chi connectivity index (χ3v) is 3.50. The summed E-state index contributed by atoms with van der Waals surface area (Å²) in [5.74, 6) is 1.25. The van der Waals surface area contributed by atoms with Crippen LogP contribution in [0.5, 0.6) is 0 Å². The number of aromatic nitrogens is 2. The molecular formula is C8H10F3N3OS. The van der Waals surface area contributed by atoms with E-state index in [1.54, 1.807) is 11.8 Å². The predicted octanol–water partition coefficient (Wildman–Crippen LogP) is 1.33. The monoisotopic (exact) mass is 253 g/mol. The van der Waals surface area contributed by atoms with Crippen LogP contribution in [0.15, 0.2) is 4.52 Å². The Hall–Kier alpha value is -0.760. The fourth-order valence-electron chi connectivity index (χ4n) is 1.49. The van der Waals surface area contributed by atoms with Crippen LogP contribution in [0.4, 0.5) is 13.2 Å². The molecule has 1 aliphatic heterocycles. The van der Waals surface area contributed by atoms with E-state index in [2.05, 4.69) is 10.1 Å². The molecule has 2 unspecified atom stereocenters. The standard InChI is InChI=1S/C8H10F3N3OS/c9-8(10,11)1-6-13-7(15-14-6)4-2-16-3-5(4)12/h4-5H,1-3,12H2. The first-order valence-corrected chi connectivity index (χ1v) is 5.84. The molecule has 2 heterocycles. The van der Waals surface area contributed by atoms with Gasteiger partial charge in [0.1, 0.15) is 6.42 Å². The number of thioether (sulfide) groups is 1. The van der Waals surface area contributed by atoms with E-state index in [9.17, 15) is 13.2 Å². The predicted molar refractivity (Wildman–Crippen MR) is 52.1 cm³/mol. The van der Waals surface area contributed by atoms with Gasteiger partial charge in [0, 0.05) is 17.5 Å². The second-order valence-electron chi connectivity index (χ2n) is 3.65. The third kappa shape index (κ3) is 2.67. The highest BCUT2D eigenvalue weighted by atomic mass is 32.2. The summed E-state index contributed by atoms with van der Waals surface area (Å²) in [6.45, 7) is 0. The van der Waals surface area contributed by atoms with Crippen molar-refractivity contribution in [2.75, 3.05) is 11.5 Å². The van der Waals surface area contributed by atoms with E-state index in [0.717, 1.165) is 11.5 Å². The largest absolute Gasteiger partial charge is 0.396 e. The lowest BCUT2D eigenvalue weighted by Crippen LogP contribution is -2.26. The van der Waals surface area contributed by atoms with Crippen molar-refractivity contribution < 1.29 is 17.7 Å². The highest BCUT2D eigenvalue weighted by Crippen LogP contribution is 2.31. The van der Waals surface area contributed by atoms with Crippen LogP contribution in [0, 0.1) is 0 Å². The van der Waals surface area contributed by atoms with Gasteiger partial charge in [0.15, 0.2) is 5.82 Å². The summed E-state index contributed by atoms with van der Waals surface area (Å²) in [5.41, 5.74) is 5.78. The van der Waals surface area contributed by atoms with Crippen LogP contribution in [-0.4, -0.2) is 33.9 Å². The molecule has 1 aliphatic rings. The van der Waals surface area contributed by atoms with Gasteiger partial charge >= 0.3 is 6.18 Å². The van der Waals surface area contributed by atoms with E-state index in [1.165, 1.54) is 0 Å². The molecule has 0 amide bonds. The molecule has 90 valence electrons. The molecule has 2 atom stereocenters. The molecule has 0 spiro atoms. The zero-order valence-corrected chi connectivity index (χ0v) is 9.01. The first kappa shape index (κ1) is 11.7. The fraction of sp³-hybridized carbons (Fsp3) is 0.750. The summed E-state index contributed by atoms with van der Waals surface area (Å²) in [6, 6.07) is -0.121. The maximum Gasteiger partial charge on any atom is 0.396 e. The lowest BCUT2D eigenvalue weighted by Gasteiger charge is -2.07. The molecule has 0 radical (unpaired) electrons. The van der Waals surface area contributed by atoms with Crippen LogP contribution in [0.3, 0.4) is 0 Å². The van der Waals surface area contributed by atoms with E-state index in [0.29, 0.717) is 0 Å². The van der Waals surface area contributed by atoms with Gasteiger partial charge in [-0.15, -0.1) is 0 Å². The summed E-state index contributed by atoms with van der Waals surface area (Å²) < 4.78 is 41.0. The van der Waals surface area contributed by atoms with Gasteiger partial charge in [-0.1, -0.05) is 5.16 Å². The minimum absolute atomic E-state index is 0.121. The van der Waals surface area contributed by atoms with E-state index in [1.807, 2.05) is 0 Å². The molecule has 0 saturated carbocycles. The number of nitrogens with zero attached hydrogens (tertiary/aromatic N) is 2. The number of rotatable bonds is 2. The molecule has 0 bridgehead atoms. The number of nitrogens with two attached hydrogens (primary N) is 1. The molecule has 2 N–H and O–H groups in total. The lowest BCUT2D eigenvalue weighted by molar-refractivity contribution is -0.128. The minimum Gasteiger partial charge on any atom is -0.339 e. The third-order valence-electron chi connectivity index (χ3n) is 2.28. The van der Waals surface area contributed by atoms with Crippen molar-refractivity contribution in [3.05, 3.63) is 11.7 Å². The second kappa shape index (κ2) is 4.25. The van der Waals surface area contributed by atoms with Gasteiger partial charge in [-0.2, -0.15) is 29.9 Å². The molecule has 1 fully saturated rings. The Morgan fingerprint density at radius 2 is 2.19 bits per heavy atom. The molecule has 2 rings (SSSR count). The summed E-state index contributed by atoms with van der Waals surface area (Å²) in [5, 5.41) is 3.31. The topological polar surface area (TPSA) is 64.9 Å². The molecule has 1 aromatic rings. The van der Waals surface area contributed by atoms with Crippen molar-refractivity contribution in [2.45, 2.75) is 24.6 Å². The fourth-order valence-corrected chi connectivity index (χ4v) is 2.78. The molecule has 8 heteroatoms. The Morgan fingerprint density at radius 3 is 2.75 bits per heavy atom. The second-order valence-corrected chi connectivity index (χ2v) is 4.72. The Labute approximate surface area is 93.8 Å². The minimum atomic E-state index is -4.31. The van der Waals surface area contributed by atoms with Gasteiger partial charge in [-0.3, -0.25) is 0 Å². The molecule has 1 saturated heterocycles. The van der Waals surface area contributed by atoms with Crippen LogP contribution in [0.1, 0.15) is 17.6 Å². The van der Waals surface area contributed by atoms with Crippen molar-refractivity contribution in [2.24, 2.45) is 5.73 Å². The average molecular weight is 253 g/mol. The maximum absolute atomic E-state index is 12.1. The van der Waals surface area contributed by atoms with Gasteiger partial charge < -0.3 is 10.3 Å². The Bertz CT molecular complexity index is 368. The molecular weight excluding hydrogens is 243 g/mol.